The highest BCUT2D eigenvalue weighted by Gasteiger charge is 2.25. The molecule has 10 nitrogen and oxygen atoms in total. The predicted octanol–water partition coefficient (Wildman–Crippen LogP) is 3.71. The monoisotopic (exact) mass is 496 g/mol. The third-order valence-electron chi connectivity index (χ3n) is 5.97. The molecule has 2 aromatic heterocycles. The van der Waals surface area contributed by atoms with E-state index in [0.717, 1.165) is 24.8 Å². The van der Waals surface area contributed by atoms with Gasteiger partial charge in [-0.2, -0.15) is 4.98 Å². The zero-order chi connectivity index (χ0) is 26.3. The quantitative estimate of drug-likeness (QED) is 0.344. The Bertz CT molecular complexity index is 1200. The smallest absolute Gasteiger partial charge is 0.254 e. The molecule has 0 spiro atoms. The van der Waals surface area contributed by atoms with Gasteiger partial charge in [-0.1, -0.05) is 19.8 Å². The number of fused-ring (bicyclic) bond motifs is 1. The molecule has 1 aromatic carbocycles. The van der Waals surface area contributed by atoms with Gasteiger partial charge in [-0.25, -0.2) is 9.97 Å². The number of nitrogens with one attached hydrogen (secondary N) is 2. The summed E-state index contributed by atoms with van der Waals surface area (Å²) >= 11 is 0. The Kier molecular flexibility index (Phi) is 8.87. The number of rotatable bonds is 12. The fourth-order valence-corrected chi connectivity index (χ4v) is 3.77. The molecule has 194 valence electrons. The van der Waals surface area contributed by atoms with Crippen LogP contribution in [0.1, 0.15) is 49.0 Å². The summed E-state index contributed by atoms with van der Waals surface area (Å²) in [6.07, 6.45) is 4.24. The molecule has 0 radical (unpaired) electrons. The summed E-state index contributed by atoms with van der Waals surface area (Å²) in [4.78, 5) is 27.9. The van der Waals surface area contributed by atoms with Crippen LogP contribution in [0.15, 0.2) is 30.5 Å². The number of aliphatic hydroxyl groups is 1. The van der Waals surface area contributed by atoms with Gasteiger partial charge in [0.05, 0.1) is 37.4 Å². The summed E-state index contributed by atoms with van der Waals surface area (Å²) in [5.74, 6) is 2.05. The standard InChI is InChI=1S/C26H36N6O4/c1-7-8-11-26(2,16-33)31-23-22-20(12-18(15-27-22)24(34)32(3)4)29-25(30-23)28-14-17-9-10-19(35-5)13-21(17)36-6/h9-10,12-13,15,33H,7-8,11,14,16H2,1-6H3,(H2,28,29,30,31)/t26-/m1/s1. The predicted molar refractivity (Wildman–Crippen MR) is 141 cm³/mol. The van der Waals surface area contributed by atoms with Gasteiger partial charge in [0.2, 0.25) is 5.95 Å². The number of amides is 1. The van der Waals surface area contributed by atoms with Crippen molar-refractivity contribution in [2.24, 2.45) is 0 Å². The maximum absolute atomic E-state index is 12.5. The van der Waals surface area contributed by atoms with Gasteiger partial charge in [0.1, 0.15) is 17.0 Å². The van der Waals surface area contributed by atoms with Crippen molar-refractivity contribution in [3.8, 4) is 11.5 Å². The molecule has 0 saturated carbocycles. The van der Waals surface area contributed by atoms with Crippen molar-refractivity contribution >= 4 is 28.7 Å². The molecule has 0 aliphatic rings. The van der Waals surface area contributed by atoms with Crippen LogP contribution in [-0.4, -0.2) is 71.3 Å². The van der Waals surface area contributed by atoms with E-state index in [4.69, 9.17) is 9.47 Å². The number of carbonyl (C=O) groups is 1. The minimum absolute atomic E-state index is 0.0680. The van der Waals surface area contributed by atoms with Gasteiger partial charge >= 0.3 is 0 Å². The van der Waals surface area contributed by atoms with Gasteiger partial charge in [0.25, 0.3) is 5.91 Å². The van der Waals surface area contributed by atoms with Crippen LogP contribution < -0.4 is 20.1 Å². The molecule has 1 atom stereocenters. The number of hydrogen-bond acceptors (Lipinski definition) is 9. The summed E-state index contributed by atoms with van der Waals surface area (Å²) in [5, 5.41) is 16.8. The molecule has 0 aliphatic heterocycles. The van der Waals surface area contributed by atoms with Gasteiger partial charge in [-0.15, -0.1) is 0 Å². The first-order chi connectivity index (χ1) is 17.2. The Morgan fingerprint density at radius 1 is 1.17 bits per heavy atom. The van der Waals surface area contributed by atoms with Crippen molar-refractivity contribution in [1.29, 1.82) is 0 Å². The summed E-state index contributed by atoms with van der Waals surface area (Å²) in [5.41, 5.74) is 1.77. The second-order valence-electron chi connectivity index (χ2n) is 9.17. The van der Waals surface area contributed by atoms with Gasteiger partial charge in [0.15, 0.2) is 5.82 Å². The summed E-state index contributed by atoms with van der Waals surface area (Å²) in [6, 6.07) is 7.29. The molecule has 10 heteroatoms. The molecule has 0 fully saturated rings. The molecule has 0 unspecified atom stereocenters. The van der Waals surface area contributed by atoms with E-state index in [2.05, 4.69) is 32.5 Å². The number of carbonyl (C=O) groups excluding carboxylic acids is 1. The van der Waals surface area contributed by atoms with E-state index >= 15 is 0 Å². The van der Waals surface area contributed by atoms with Crippen LogP contribution in [0.2, 0.25) is 0 Å². The maximum Gasteiger partial charge on any atom is 0.254 e. The molecule has 2 heterocycles. The topological polar surface area (TPSA) is 122 Å². The van der Waals surface area contributed by atoms with E-state index in [0.29, 0.717) is 46.4 Å². The highest BCUT2D eigenvalue weighted by molar-refractivity contribution is 5.98. The third-order valence-corrected chi connectivity index (χ3v) is 5.97. The van der Waals surface area contributed by atoms with Crippen molar-refractivity contribution in [1.82, 2.24) is 19.9 Å². The maximum atomic E-state index is 12.5. The van der Waals surface area contributed by atoms with Crippen molar-refractivity contribution in [2.45, 2.75) is 45.2 Å². The number of unbranched alkanes of at least 4 members (excludes halogenated alkanes) is 1. The fraction of sp³-hybridized carbons (Fsp3) is 0.462. The zero-order valence-electron chi connectivity index (χ0n) is 21.9. The van der Waals surface area contributed by atoms with E-state index in [1.54, 1.807) is 34.4 Å². The highest BCUT2D eigenvalue weighted by Crippen LogP contribution is 2.28. The summed E-state index contributed by atoms with van der Waals surface area (Å²) < 4.78 is 10.8. The van der Waals surface area contributed by atoms with Crippen molar-refractivity contribution < 1.29 is 19.4 Å². The highest BCUT2D eigenvalue weighted by atomic mass is 16.5. The van der Waals surface area contributed by atoms with Crippen molar-refractivity contribution in [3.05, 3.63) is 41.6 Å². The SMILES string of the molecule is CCCC[C@](C)(CO)Nc1nc(NCc2ccc(OC)cc2OC)nc2cc(C(=O)N(C)C)cnc12. The molecule has 3 N–H and O–H groups in total. The van der Waals surface area contributed by atoms with E-state index in [1.807, 2.05) is 25.1 Å². The van der Waals surface area contributed by atoms with Crippen LogP contribution in [0, 0.1) is 0 Å². The normalized spacial score (nSPS) is 12.6. The molecule has 0 bridgehead atoms. The molecule has 3 rings (SSSR count). The Labute approximate surface area is 212 Å². The Morgan fingerprint density at radius 2 is 1.94 bits per heavy atom. The summed E-state index contributed by atoms with van der Waals surface area (Å²) in [6.45, 7) is 4.39. The lowest BCUT2D eigenvalue weighted by Gasteiger charge is -2.29. The lowest BCUT2D eigenvalue weighted by atomic mass is 9.96. The minimum atomic E-state index is -0.590. The molecular weight excluding hydrogens is 460 g/mol. The molecule has 1 amide bonds. The van der Waals surface area contributed by atoms with Crippen LogP contribution in [0.3, 0.4) is 0 Å². The van der Waals surface area contributed by atoms with Crippen LogP contribution in [-0.2, 0) is 6.54 Å². The minimum Gasteiger partial charge on any atom is -0.497 e. The van der Waals surface area contributed by atoms with Crippen LogP contribution in [0.25, 0.3) is 11.0 Å². The number of hydrogen-bond donors (Lipinski definition) is 3. The number of nitrogens with zero attached hydrogens (tertiary/aromatic N) is 4. The number of aliphatic hydroxyl groups excluding tert-OH is 1. The number of aromatic nitrogens is 3. The second kappa shape index (κ2) is 11.9. The molecular formula is C26H36N6O4. The van der Waals surface area contributed by atoms with E-state index in [9.17, 15) is 9.90 Å². The average molecular weight is 497 g/mol. The van der Waals surface area contributed by atoms with Gasteiger partial charge in [-0.3, -0.25) is 4.79 Å². The van der Waals surface area contributed by atoms with Gasteiger partial charge in [0, 0.05) is 38.5 Å². The van der Waals surface area contributed by atoms with E-state index in [1.165, 1.54) is 11.1 Å². The van der Waals surface area contributed by atoms with Crippen LogP contribution in [0.4, 0.5) is 11.8 Å². The molecule has 0 aliphatic carbocycles. The average Bonchev–Trinajstić information content (AvgIpc) is 2.89. The lowest BCUT2D eigenvalue weighted by Crippen LogP contribution is -2.39. The first-order valence-corrected chi connectivity index (χ1v) is 12.0. The lowest BCUT2D eigenvalue weighted by molar-refractivity contribution is 0.0827. The number of pyridine rings is 1. The third kappa shape index (κ3) is 6.31. The fourth-order valence-electron chi connectivity index (χ4n) is 3.77. The van der Waals surface area contributed by atoms with E-state index < -0.39 is 5.54 Å². The van der Waals surface area contributed by atoms with Gasteiger partial charge in [-0.05, 0) is 31.5 Å². The Balaban J connectivity index is 2.01. The first-order valence-electron chi connectivity index (χ1n) is 12.0. The Hall–Kier alpha value is -3.66. The first kappa shape index (κ1) is 26.9. The molecule has 0 saturated heterocycles. The molecule has 36 heavy (non-hydrogen) atoms. The second-order valence-corrected chi connectivity index (χ2v) is 9.17. The number of ether oxygens (including phenoxy) is 2. The van der Waals surface area contributed by atoms with Crippen molar-refractivity contribution in [2.75, 3.05) is 45.6 Å². The van der Waals surface area contributed by atoms with Crippen LogP contribution in [0.5, 0.6) is 11.5 Å². The largest absolute Gasteiger partial charge is 0.497 e. The van der Waals surface area contributed by atoms with E-state index in [-0.39, 0.29) is 12.5 Å². The Morgan fingerprint density at radius 3 is 2.58 bits per heavy atom. The zero-order valence-corrected chi connectivity index (χ0v) is 21.9. The number of benzene rings is 1. The number of methoxy groups -OCH3 is 2. The molecule has 3 aromatic rings. The summed E-state index contributed by atoms with van der Waals surface area (Å²) in [7, 11) is 6.59. The number of anilines is 2. The van der Waals surface area contributed by atoms with Gasteiger partial charge < -0.3 is 30.1 Å². The van der Waals surface area contributed by atoms with Crippen LogP contribution >= 0.6 is 0 Å². The van der Waals surface area contributed by atoms with Crippen molar-refractivity contribution in [3.63, 3.8) is 0 Å².